The van der Waals surface area contributed by atoms with E-state index in [9.17, 15) is 18.0 Å². The number of halogens is 3. The fourth-order valence-electron chi connectivity index (χ4n) is 2.32. The summed E-state index contributed by atoms with van der Waals surface area (Å²) >= 11 is 0. The molecular formula is C14H17F3N4O. The van der Waals surface area contributed by atoms with Gasteiger partial charge in [-0.25, -0.2) is 9.67 Å². The van der Waals surface area contributed by atoms with Crippen LogP contribution in [0.25, 0.3) is 11.0 Å². The average molecular weight is 314 g/mol. The molecular weight excluding hydrogens is 297 g/mol. The third-order valence-electron chi connectivity index (χ3n) is 3.05. The molecule has 0 unspecified atom stereocenters. The first-order valence-electron chi connectivity index (χ1n) is 6.81. The number of amides is 1. The number of fused-ring (bicyclic) bond motifs is 1. The molecule has 2 aromatic heterocycles. The van der Waals surface area contributed by atoms with E-state index in [0.29, 0.717) is 0 Å². The van der Waals surface area contributed by atoms with Gasteiger partial charge in [0.25, 0.3) is 0 Å². The maximum Gasteiger partial charge on any atom is 0.417 e. The molecule has 0 aliphatic heterocycles. The van der Waals surface area contributed by atoms with Crippen LogP contribution in [0, 0.1) is 13.8 Å². The van der Waals surface area contributed by atoms with Crippen LogP contribution >= 0.6 is 0 Å². The van der Waals surface area contributed by atoms with E-state index in [1.807, 2.05) is 0 Å². The highest BCUT2D eigenvalue weighted by atomic mass is 19.4. The number of pyridine rings is 1. The predicted octanol–water partition coefficient (Wildman–Crippen LogP) is 2.59. The molecule has 0 bridgehead atoms. The molecule has 0 atom stereocenters. The number of hydrogen-bond acceptors (Lipinski definition) is 3. The summed E-state index contributed by atoms with van der Waals surface area (Å²) in [7, 11) is 0. The Morgan fingerprint density at radius 3 is 2.55 bits per heavy atom. The lowest BCUT2D eigenvalue weighted by Crippen LogP contribution is -2.33. The highest BCUT2D eigenvalue weighted by molar-refractivity contribution is 5.85. The van der Waals surface area contributed by atoms with Gasteiger partial charge in [0.1, 0.15) is 6.54 Å². The molecule has 1 amide bonds. The number of aryl methyl sites for hydroxylation is 2. The lowest BCUT2D eigenvalue weighted by molar-refractivity contribution is -0.136. The van der Waals surface area contributed by atoms with E-state index < -0.39 is 11.7 Å². The lowest BCUT2D eigenvalue weighted by atomic mass is 10.1. The van der Waals surface area contributed by atoms with Crippen LogP contribution in [-0.4, -0.2) is 26.7 Å². The molecule has 0 aliphatic carbocycles. The lowest BCUT2D eigenvalue weighted by Gasteiger charge is -2.11. The Morgan fingerprint density at radius 2 is 2.00 bits per heavy atom. The van der Waals surface area contributed by atoms with Crippen molar-refractivity contribution in [3.8, 4) is 0 Å². The maximum absolute atomic E-state index is 13.2. The molecule has 2 rings (SSSR count). The van der Waals surface area contributed by atoms with E-state index in [1.165, 1.54) is 18.5 Å². The average Bonchev–Trinajstić information content (AvgIpc) is 2.62. The largest absolute Gasteiger partial charge is 0.417 e. The van der Waals surface area contributed by atoms with Crippen molar-refractivity contribution >= 4 is 16.9 Å². The summed E-state index contributed by atoms with van der Waals surface area (Å²) < 4.78 is 40.7. The standard InChI is InChI=1S/C14H17F3N4O/c1-7(2)18-11(22)6-21-13-12(9(4)20-21)10(14(15,16)17)5-8(3)19-13/h5,7H,6H2,1-4H3,(H,18,22). The zero-order chi connectivity index (χ0) is 16.7. The van der Waals surface area contributed by atoms with Crippen LogP contribution in [-0.2, 0) is 17.5 Å². The van der Waals surface area contributed by atoms with E-state index in [-0.39, 0.29) is 40.9 Å². The van der Waals surface area contributed by atoms with E-state index in [0.717, 1.165) is 6.07 Å². The molecule has 0 radical (unpaired) electrons. The number of hydrogen-bond donors (Lipinski definition) is 1. The van der Waals surface area contributed by atoms with Crippen molar-refractivity contribution in [1.29, 1.82) is 0 Å². The van der Waals surface area contributed by atoms with E-state index in [2.05, 4.69) is 15.4 Å². The SMILES string of the molecule is Cc1cc(C(F)(F)F)c2c(C)nn(CC(=O)NC(C)C)c2n1. The molecule has 1 N–H and O–H groups in total. The van der Waals surface area contributed by atoms with Crippen LogP contribution in [0.2, 0.25) is 0 Å². The van der Waals surface area contributed by atoms with Crippen molar-refractivity contribution in [1.82, 2.24) is 20.1 Å². The zero-order valence-electron chi connectivity index (χ0n) is 12.7. The van der Waals surface area contributed by atoms with Crippen LogP contribution in [0.15, 0.2) is 6.07 Å². The van der Waals surface area contributed by atoms with Gasteiger partial charge in [-0.05, 0) is 33.8 Å². The fraction of sp³-hybridized carbons (Fsp3) is 0.500. The number of aromatic nitrogens is 3. The summed E-state index contributed by atoms with van der Waals surface area (Å²) in [5, 5.41) is 6.66. The fourth-order valence-corrected chi connectivity index (χ4v) is 2.32. The van der Waals surface area contributed by atoms with Gasteiger partial charge in [-0.1, -0.05) is 0 Å². The third kappa shape index (κ3) is 3.20. The van der Waals surface area contributed by atoms with Gasteiger partial charge in [0, 0.05) is 11.7 Å². The minimum absolute atomic E-state index is 0.0594. The summed E-state index contributed by atoms with van der Waals surface area (Å²) in [5.41, 5.74) is -0.274. The monoisotopic (exact) mass is 314 g/mol. The predicted molar refractivity (Wildman–Crippen MR) is 75.3 cm³/mol. The molecule has 0 aromatic carbocycles. The Balaban J connectivity index is 2.55. The number of nitrogens with zero attached hydrogens (tertiary/aromatic N) is 3. The van der Waals surface area contributed by atoms with Gasteiger partial charge in [0.15, 0.2) is 5.65 Å². The van der Waals surface area contributed by atoms with Crippen LogP contribution in [0.3, 0.4) is 0 Å². The molecule has 5 nitrogen and oxygen atoms in total. The molecule has 0 saturated heterocycles. The van der Waals surface area contributed by atoms with Crippen molar-refractivity contribution < 1.29 is 18.0 Å². The Hall–Kier alpha value is -2.12. The summed E-state index contributed by atoms with van der Waals surface area (Å²) in [5.74, 6) is -0.323. The van der Waals surface area contributed by atoms with E-state index >= 15 is 0 Å². The van der Waals surface area contributed by atoms with Crippen LogP contribution < -0.4 is 5.32 Å². The van der Waals surface area contributed by atoms with Crippen molar-refractivity contribution in [3.63, 3.8) is 0 Å². The Bertz CT molecular complexity index is 719. The van der Waals surface area contributed by atoms with Gasteiger partial charge in [-0.3, -0.25) is 4.79 Å². The molecule has 8 heteroatoms. The van der Waals surface area contributed by atoms with Gasteiger partial charge in [-0.15, -0.1) is 0 Å². The number of carbonyl (C=O) groups is 1. The number of carbonyl (C=O) groups excluding carboxylic acids is 1. The normalized spacial score (nSPS) is 12.2. The summed E-state index contributed by atoms with van der Waals surface area (Å²) in [6.07, 6.45) is -4.50. The second-order valence-corrected chi connectivity index (χ2v) is 5.47. The van der Waals surface area contributed by atoms with Crippen molar-refractivity contribution in [2.45, 2.75) is 46.5 Å². The first-order chi connectivity index (χ1) is 10.1. The number of alkyl halides is 3. The summed E-state index contributed by atoms with van der Waals surface area (Å²) in [6.45, 7) is 6.39. The molecule has 0 spiro atoms. The topological polar surface area (TPSA) is 59.8 Å². The minimum atomic E-state index is -4.50. The molecule has 0 fully saturated rings. The second kappa shape index (κ2) is 5.58. The quantitative estimate of drug-likeness (QED) is 0.947. The van der Waals surface area contributed by atoms with Crippen LogP contribution in [0.4, 0.5) is 13.2 Å². The third-order valence-corrected chi connectivity index (χ3v) is 3.05. The zero-order valence-corrected chi connectivity index (χ0v) is 12.7. The first kappa shape index (κ1) is 16.3. The van der Waals surface area contributed by atoms with Gasteiger partial charge in [0.05, 0.1) is 16.6 Å². The van der Waals surface area contributed by atoms with Gasteiger partial charge in [-0.2, -0.15) is 18.3 Å². The molecule has 22 heavy (non-hydrogen) atoms. The Labute approximate surface area is 125 Å². The Morgan fingerprint density at radius 1 is 1.36 bits per heavy atom. The van der Waals surface area contributed by atoms with Crippen LogP contribution in [0.1, 0.15) is 30.8 Å². The molecule has 120 valence electrons. The summed E-state index contributed by atoms with van der Waals surface area (Å²) in [6, 6.07) is 0.936. The van der Waals surface area contributed by atoms with Gasteiger partial charge in [0.2, 0.25) is 5.91 Å². The van der Waals surface area contributed by atoms with Crippen molar-refractivity contribution in [2.75, 3.05) is 0 Å². The van der Waals surface area contributed by atoms with Gasteiger partial charge < -0.3 is 5.32 Å². The van der Waals surface area contributed by atoms with E-state index in [1.54, 1.807) is 13.8 Å². The maximum atomic E-state index is 13.2. The smallest absolute Gasteiger partial charge is 0.352 e. The van der Waals surface area contributed by atoms with Crippen molar-refractivity contribution in [3.05, 3.63) is 23.0 Å². The van der Waals surface area contributed by atoms with Gasteiger partial charge >= 0.3 is 6.18 Å². The number of nitrogens with one attached hydrogen (secondary N) is 1. The Kier molecular flexibility index (Phi) is 4.12. The molecule has 0 saturated carbocycles. The summed E-state index contributed by atoms with van der Waals surface area (Å²) in [4.78, 5) is 15.9. The highest BCUT2D eigenvalue weighted by Crippen LogP contribution is 2.36. The molecule has 0 aliphatic rings. The van der Waals surface area contributed by atoms with Crippen LogP contribution in [0.5, 0.6) is 0 Å². The first-order valence-corrected chi connectivity index (χ1v) is 6.81. The van der Waals surface area contributed by atoms with E-state index in [4.69, 9.17) is 0 Å². The minimum Gasteiger partial charge on any atom is -0.352 e. The highest BCUT2D eigenvalue weighted by Gasteiger charge is 2.35. The number of rotatable bonds is 3. The molecule has 2 heterocycles. The second-order valence-electron chi connectivity index (χ2n) is 5.47. The van der Waals surface area contributed by atoms with Crippen molar-refractivity contribution in [2.24, 2.45) is 0 Å². The molecule has 2 aromatic rings.